The van der Waals surface area contributed by atoms with E-state index in [2.05, 4.69) is 21.2 Å². The van der Waals surface area contributed by atoms with E-state index in [9.17, 15) is 8.78 Å². The Hall–Kier alpha value is -1.46. The Kier molecular flexibility index (Phi) is 4.73. The molecule has 0 amide bonds. The van der Waals surface area contributed by atoms with E-state index in [4.69, 9.17) is 4.74 Å². The zero-order chi connectivity index (χ0) is 14.7. The van der Waals surface area contributed by atoms with Crippen LogP contribution < -0.4 is 10.1 Å². The van der Waals surface area contributed by atoms with E-state index in [1.165, 1.54) is 0 Å². The van der Waals surface area contributed by atoms with Crippen LogP contribution in [0.15, 0.2) is 40.9 Å². The number of ether oxygens (including phenoxy) is 1. The lowest BCUT2D eigenvalue weighted by atomic mass is 10.1. The zero-order valence-corrected chi connectivity index (χ0v) is 12.7. The number of rotatable bonds is 4. The lowest BCUT2D eigenvalue weighted by Gasteiger charge is -2.14. The second-order valence-corrected chi connectivity index (χ2v) is 5.26. The second kappa shape index (κ2) is 6.33. The van der Waals surface area contributed by atoms with E-state index in [0.717, 1.165) is 28.2 Å². The van der Waals surface area contributed by atoms with Crippen LogP contribution in [0, 0.1) is 11.6 Å². The molecular formula is C15H14BrF2NO. The van der Waals surface area contributed by atoms with E-state index >= 15 is 0 Å². The summed E-state index contributed by atoms with van der Waals surface area (Å²) >= 11 is 3.46. The molecule has 0 saturated carbocycles. The molecule has 0 heterocycles. The highest BCUT2D eigenvalue weighted by molar-refractivity contribution is 9.10. The largest absolute Gasteiger partial charge is 0.457 e. The predicted octanol–water partition coefficient (Wildman–Crippen LogP) is 4.80. The molecule has 1 N–H and O–H groups in total. The molecule has 0 aliphatic heterocycles. The van der Waals surface area contributed by atoms with Gasteiger partial charge in [-0.05, 0) is 31.7 Å². The molecule has 0 aliphatic carbocycles. The number of hydrogen-bond acceptors (Lipinski definition) is 2. The maximum Gasteiger partial charge on any atom is 0.133 e. The van der Waals surface area contributed by atoms with Crippen molar-refractivity contribution >= 4 is 15.9 Å². The van der Waals surface area contributed by atoms with Gasteiger partial charge in [0.1, 0.15) is 23.1 Å². The summed E-state index contributed by atoms with van der Waals surface area (Å²) in [5, 5.41) is 3.14. The first kappa shape index (κ1) is 14.9. The van der Waals surface area contributed by atoms with Crippen LogP contribution in [0.25, 0.3) is 0 Å². The fourth-order valence-corrected chi connectivity index (χ4v) is 2.50. The molecular weight excluding hydrogens is 328 g/mol. The van der Waals surface area contributed by atoms with E-state index in [1.54, 1.807) is 12.1 Å². The van der Waals surface area contributed by atoms with Crippen LogP contribution in [0.3, 0.4) is 0 Å². The molecule has 1 atom stereocenters. The SMILES string of the molecule is CNC(C)c1ccc(Oc2cc(F)cc(F)c2)cc1Br. The molecule has 0 aromatic heterocycles. The number of benzene rings is 2. The molecule has 0 fully saturated rings. The molecule has 2 aromatic rings. The van der Waals surface area contributed by atoms with Gasteiger partial charge in [0.15, 0.2) is 0 Å². The van der Waals surface area contributed by atoms with Gasteiger partial charge in [-0.3, -0.25) is 0 Å². The fourth-order valence-electron chi connectivity index (χ4n) is 1.80. The summed E-state index contributed by atoms with van der Waals surface area (Å²) in [7, 11) is 1.87. The topological polar surface area (TPSA) is 21.3 Å². The maximum atomic E-state index is 13.1. The van der Waals surface area contributed by atoms with E-state index in [0.29, 0.717) is 5.75 Å². The Morgan fingerprint density at radius 2 is 1.70 bits per heavy atom. The van der Waals surface area contributed by atoms with Crippen molar-refractivity contribution in [2.45, 2.75) is 13.0 Å². The minimum absolute atomic E-state index is 0.129. The van der Waals surface area contributed by atoms with Crippen molar-refractivity contribution in [1.82, 2.24) is 5.32 Å². The lowest BCUT2D eigenvalue weighted by molar-refractivity contribution is 0.467. The van der Waals surface area contributed by atoms with Gasteiger partial charge >= 0.3 is 0 Å². The maximum absolute atomic E-state index is 13.1. The third kappa shape index (κ3) is 3.55. The number of nitrogens with one attached hydrogen (secondary N) is 1. The van der Waals surface area contributed by atoms with Gasteiger partial charge in [0.05, 0.1) is 0 Å². The van der Waals surface area contributed by atoms with Gasteiger partial charge in [-0.15, -0.1) is 0 Å². The summed E-state index contributed by atoms with van der Waals surface area (Å²) in [6.45, 7) is 2.03. The van der Waals surface area contributed by atoms with Crippen molar-refractivity contribution in [3.63, 3.8) is 0 Å². The molecule has 2 nitrogen and oxygen atoms in total. The normalized spacial score (nSPS) is 12.2. The standard InChI is InChI=1S/C15H14BrF2NO/c1-9(19-2)14-4-3-12(8-15(14)16)20-13-6-10(17)5-11(18)7-13/h3-9,19H,1-2H3. The highest BCUT2D eigenvalue weighted by atomic mass is 79.9. The predicted molar refractivity (Wildman–Crippen MR) is 78.0 cm³/mol. The molecule has 0 bridgehead atoms. The first-order valence-corrected chi connectivity index (χ1v) is 6.89. The quantitative estimate of drug-likeness (QED) is 0.862. The minimum Gasteiger partial charge on any atom is -0.457 e. The molecule has 106 valence electrons. The lowest BCUT2D eigenvalue weighted by Crippen LogP contribution is -2.12. The van der Waals surface area contributed by atoms with Crippen molar-refractivity contribution in [1.29, 1.82) is 0 Å². The van der Waals surface area contributed by atoms with Crippen LogP contribution in [-0.2, 0) is 0 Å². The smallest absolute Gasteiger partial charge is 0.133 e. The Balaban J connectivity index is 2.24. The summed E-state index contributed by atoms with van der Waals surface area (Å²) < 4.78 is 32.5. The molecule has 1 unspecified atom stereocenters. The van der Waals surface area contributed by atoms with Gasteiger partial charge in [0.25, 0.3) is 0 Å². The summed E-state index contributed by atoms with van der Waals surface area (Å²) in [6.07, 6.45) is 0. The third-order valence-electron chi connectivity index (χ3n) is 2.94. The monoisotopic (exact) mass is 341 g/mol. The fraction of sp³-hybridized carbons (Fsp3) is 0.200. The molecule has 0 radical (unpaired) electrons. The van der Waals surface area contributed by atoms with Crippen LogP contribution in [0.4, 0.5) is 8.78 Å². The first-order valence-electron chi connectivity index (χ1n) is 6.10. The van der Waals surface area contributed by atoms with Crippen molar-refractivity contribution in [2.75, 3.05) is 7.05 Å². The summed E-state index contributed by atoms with van der Waals surface area (Å²) in [6, 6.07) is 8.70. The Morgan fingerprint density at radius 1 is 1.05 bits per heavy atom. The van der Waals surface area contributed by atoms with E-state index < -0.39 is 11.6 Å². The first-order chi connectivity index (χ1) is 9.49. The Bertz CT molecular complexity index is 599. The molecule has 20 heavy (non-hydrogen) atoms. The number of halogens is 3. The molecule has 0 aliphatic rings. The zero-order valence-electron chi connectivity index (χ0n) is 11.1. The Morgan fingerprint density at radius 3 is 2.25 bits per heavy atom. The van der Waals surface area contributed by atoms with Crippen molar-refractivity contribution in [3.05, 3.63) is 58.1 Å². The van der Waals surface area contributed by atoms with Crippen molar-refractivity contribution in [3.8, 4) is 11.5 Å². The summed E-state index contributed by atoms with van der Waals surface area (Å²) in [5.74, 6) is -0.697. The third-order valence-corrected chi connectivity index (χ3v) is 3.63. The Labute approximate surface area is 124 Å². The van der Waals surface area contributed by atoms with Gasteiger partial charge in [-0.2, -0.15) is 0 Å². The van der Waals surface area contributed by atoms with Gasteiger partial charge in [0, 0.05) is 28.7 Å². The second-order valence-electron chi connectivity index (χ2n) is 4.40. The van der Waals surface area contributed by atoms with Crippen LogP contribution in [-0.4, -0.2) is 7.05 Å². The van der Waals surface area contributed by atoms with Crippen molar-refractivity contribution < 1.29 is 13.5 Å². The number of hydrogen-bond donors (Lipinski definition) is 1. The van der Waals surface area contributed by atoms with Gasteiger partial charge in [-0.1, -0.05) is 22.0 Å². The summed E-state index contributed by atoms with van der Waals surface area (Å²) in [4.78, 5) is 0. The summed E-state index contributed by atoms with van der Waals surface area (Å²) in [5.41, 5.74) is 1.07. The molecule has 2 aromatic carbocycles. The molecule has 0 spiro atoms. The minimum atomic E-state index is -0.667. The van der Waals surface area contributed by atoms with Crippen LogP contribution in [0.1, 0.15) is 18.5 Å². The van der Waals surface area contributed by atoms with Crippen LogP contribution in [0.5, 0.6) is 11.5 Å². The molecule has 2 rings (SSSR count). The van der Waals surface area contributed by atoms with Gasteiger partial charge in [0.2, 0.25) is 0 Å². The molecule has 0 saturated heterocycles. The average molecular weight is 342 g/mol. The highest BCUT2D eigenvalue weighted by Crippen LogP contribution is 2.30. The van der Waals surface area contributed by atoms with E-state index in [1.807, 2.05) is 20.0 Å². The van der Waals surface area contributed by atoms with Gasteiger partial charge in [-0.25, -0.2) is 8.78 Å². The van der Waals surface area contributed by atoms with E-state index in [-0.39, 0.29) is 11.8 Å². The van der Waals surface area contributed by atoms with Crippen LogP contribution >= 0.6 is 15.9 Å². The van der Waals surface area contributed by atoms with Crippen molar-refractivity contribution in [2.24, 2.45) is 0 Å². The highest BCUT2D eigenvalue weighted by Gasteiger charge is 2.09. The van der Waals surface area contributed by atoms with Gasteiger partial charge < -0.3 is 10.1 Å². The average Bonchev–Trinajstić information content (AvgIpc) is 2.36. The van der Waals surface area contributed by atoms with Crippen LogP contribution in [0.2, 0.25) is 0 Å². The molecule has 5 heteroatoms.